The van der Waals surface area contributed by atoms with E-state index in [1.165, 1.54) is 5.39 Å². The summed E-state index contributed by atoms with van der Waals surface area (Å²) in [6.07, 6.45) is 1.57. The lowest BCUT2D eigenvalue weighted by atomic mass is 10.1. The zero-order chi connectivity index (χ0) is 14.8. The number of fused-ring (bicyclic) bond motifs is 1. The van der Waals surface area contributed by atoms with Crippen molar-refractivity contribution in [2.24, 2.45) is 0 Å². The van der Waals surface area contributed by atoms with Crippen molar-refractivity contribution in [2.75, 3.05) is 0 Å². The normalized spacial score (nSPS) is 11.2. The molecule has 0 N–H and O–H groups in total. The van der Waals surface area contributed by atoms with Crippen LogP contribution >= 0.6 is 15.9 Å². The van der Waals surface area contributed by atoms with Gasteiger partial charge in [-0.25, -0.2) is 9.67 Å². The summed E-state index contributed by atoms with van der Waals surface area (Å²) in [6, 6.07) is 12.5. The van der Waals surface area contributed by atoms with Gasteiger partial charge >= 0.3 is 0 Å². The van der Waals surface area contributed by atoms with E-state index in [0.29, 0.717) is 6.61 Å². The van der Waals surface area contributed by atoms with Crippen LogP contribution in [0.3, 0.4) is 0 Å². The number of ether oxygens (including phenoxy) is 1. The number of hydrogen-bond acceptors (Lipinski definition) is 3. The van der Waals surface area contributed by atoms with E-state index in [1.807, 2.05) is 22.9 Å². The lowest BCUT2D eigenvalue weighted by Crippen LogP contribution is -2.10. The molecule has 108 valence electrons. The Morgan fingerprint density at radius 2 is 1.90 bits per heavy atom. The summed E-state index contributed by atoms with van der Waals surface area (Å²) in [5.41, 5.74) is 0. The minimum atomic E-state index is 0.278. The van der Waals surface area contributed by atoms with Gasteiger partial charge in [0.25, 0.3) is 0 Å². The fourth-order valence-corrected chi connectivity index (χ4v) is 2.62. The van der Waals surface area contributed by atoms with Crippen LogP contribution in [0.25, 0.3) is 10.8 Å². The molecule has 0 saturated heterocycles. The molecule has 0 aliphatic carbocycles. The molecule has 0 spiro atoms. The number of benzene rings is 2. The molecule has 0 fully saturated rings. The standard InChI is InChI=1S/C16H16BrN3O/c1-11(2)20-16(18-10-19-20)9-21-15-6-4-12-7-14(17)5-3-13(12)8-15/h3-8,10-11H,9H2,1-2H3. The zero-order valence-corrected chi connectivity index (χ0v) is 13.5. The van der Waals surface area contributed by atoms with Gasteiger partial charge in [0, 0.05) is 10.5 Å². The Morgan fingerprint density at radius 1 is 1.14 bits per heavy atom. The number of rotatable bonds is 4. The third kappa shape index (κ3) is 3.08. The Kier molecular flexibility index (Phi) is 3.92. The molecule has 0 amide bonds. The number of hydrogen-bond donors (Lipinski definition) is 0. The Morgan fingerprint density at radius 3 is 2.71 bits per heavy atom. The molecule has 0 radical (unpaired) electrons. The number of aromatic nitrogens is 3. The van der Waals surface area contributed by atoms with Crippen molar-refractivity contribution in [2.45, 2.75) is 26.5 Å². The van der Waals surface area contributed by atoms with Crippen LogP contribution in [0, 0.1) is 0 Å². The van der Waals surface area contributed by atoms with Crippen molar-refractivity contribution in [1.82, 2.24) is 14.8 Å². The summed E-state index contributed by atoms with van der Waals surface area (Å²) >= 11 is 3.48. The fraction of sp³-hybridized carbons (Fsp3) is 0.250. The maximum absolute atomic E-state index is 5.84. The maximum Gasteiger partial charge on any atom is 0.165 e. The van der Waals surface area contributed by atoms with E-state index >= 15 is 0 Å². The third-order valence-electron chi connectivity index (χ3n) is 3.28. The van der Waals surface area contributed by atoms with E-state index in [0.717, 1.165) is 21.4 Å². The largest absolute Gasteiger partial charge is 0.486 e. The SMILES string of the molecule is CC(C)n1ncnc1COc1ccc2cc(Br)ccc2c1. The molecule has 5 heteroatoms. The highest BCUT2D eigenvalue weighted by Crippen LogP contribution is 2.24. The minimum absolute atomic E-state index is 0.278. The second-order valence-corrected chi connectivity index (χ2v) is 6.07. The minimum Gasteiger partial charge on any atom is -0.486 e. The van der Waals surface area contributed by atoms with Gasteiger partial charge in [-0.1, -0.05) is 28.1 Å². The van der Waals surface area contributed by atoms with Crippen LogP contribution in [0.2, 0.25) is 0 Å². The van der Waals surface area contributed by atoms with Gasteiger partial charge in [0.15, 0.2) is 5.82 Å². The predicted molar refractivity (Wildman–Crippen MR) is 86.4 cm³/mol. The molecule has 4 nitrogen and oxygen atoms in total. The molecule has 0 atom stereocenters. The van der Waals surface area contributed by atoms with Crippen LogP contribution < -0.4 is 4.74 Å². The van der Waals surface area contributed by atoms with E-state index in [9.17, 15) is 0 Å². The zero-order valence-electron chi connectivity index (χ0n) is 12.0. The van der Waals surface area contributed by atoms with Crippen molar-refractivity contribution in [3.05, 3.63) is 53.0 Å². The molecule has 0 aliphatic heterocycles. The quantitative estimate of drug-likeness (QED) is 0.705. The first-order valence-corrected chi connectivity index (χ1v) is 7.63. The first-order valence-electron chi connectivity index (χ1n) is 6.84. The Bertz CT molecular complexity index is 767. The van der Waals surface area contributed by atoms with Gasteiger partial charge < -0.3 is 4.74 Å². The van der Waals surface area contributed by atoms with Crippen molar-refractivity contribution >= 4 is 26.7 Å². The van der Waals surface area contributed by atoms with E-state index in [4.69, 9.17) is 4.74 Å². The highest BCUT2D eigenvalue weighted by atomic mass is 79.9. The Hall–Kier alpha value is -1.88. The highest BCUT2D eigenvalue weighted by molar-refractivity contribution is 9.10. The monoisotopic (exact) mass is 345 g/mol. The molecule has 3 aromatic rings. The first-order chi connectivity index (χ1) is 10.1. The van der Waals surface area contributed by atoms with Gasteiger partial charge in [0.1, 0.15) is 18.7 Å². The summed E-state index contributed by atoms with van der Waals surface area (Å²) in [5, 5.41) is 6.54. The summed E-state index contributed by atoms with van der Waals surface area (Å²) in [4.78, 5) is 4.25. The summed E-state index contributed by atoms with van der Waals surface area (Å²) < 4.78 is 8.80. The molecule has 2 aromatic carbocycles. The van der Waals surface area contributed by atoms with E-state index < -0.39 is 0 Å². The van der Waals surface area contributed by atoms with Gasteiger partial charge in [0.2, 0.25) is 0 Å². The molecule has 1 aromatic heterocycles. The van der Waals surface area contributed by atoms with Crippen LogP contribution in [0.4, 0.5) is 0 Å². The van der Waals surface area contributed by atoms with Crippen molar-refractivity contribution in [1.29, 1.82) is 0 Å². The topological polar surface area (TPSA) is 39.9 Å². The Balaban J connectivity index is 1.79. The van der Waals surface area contributed by atoms with Gasteiger partial charge in [-0.3, -0.25) is 0 Å². The average Bonchev–Trinajstić information content (AvgIpc) is 2.93. The molecule has 1 heterocycles. The average molecular weight is 346 g/mol. The molecule has 0 saturated carbocycles. The Labute approximate surface area is 131 Å². The summed E-state index contributed by atoms with van der Waals surface area (Å²) in [5.74, 6) is 1.67. The predicted octanol–water partition coefficient (Wildman–Crippen LogP) is 4.35. The molecule has 0 bridgehead atoms. The van der Waals surface area contributed by atoms with Crippen LogP contribution in [0.15, 0.2) is 47.2 Å². The molecule has 21 heavy (non-hydrogen) atoms. The van der Waals surface area contributed by atoms with Crippen molar-refractivity contribution in [3.63, 3.8) is 0 Å². The van der Waals surface area contributed by atoms with Gasteiger partial charge in [-0.15, -0.1) is 0 Å². The third-order valence-corrected chi connectivity index (χ3v) is 3.77. The van der Waals surface area contributed by atoms with E-state index in [1.54, 1.807) is 6.33 Å². The summed E-state index contributed by atoms with van der Waals surface area (Å²) in [7, 11) is 0. The molecular weight excluding hydrogens is 330 g/mol. The highest BCUT2D eigenvalue weighted by Gasteiger charge is 2.08. The summed E-state index contributed by atoms with van der Waals surface area (Å²) in [6.45, 7) is 4.57. The second kappa shape index (κ2) is 5.85. The number of nitrogens with zero attached hydrogens (tertiary/aromatic N) is 3. The van der Waals surface area contributed by atoms with Crippen molar-refractivity contribution in [3.8, 4) is 5.75 Å². The van der Waals surface area contributed by atoms with Crippen LogP contribution in [0.5, 0.6) is 5.75 Å². The van der Waals surface area contributed by atoms with Crippen LogP contribution in [-0.2, 0) is 6.61 Å². The first kappa shape index (κ1) is 14.1. The van der Waals surface area contributed by atoms with Crippen molar-refractivity contribution < 1.29 is 4.74 Å². The maximum atomic E-state index is 5.84. The van der Waals surface area contributed by atoms with Gasteiger partial charge in [0.05, 0.1) is 0 Å². The lowest BCUT2D eigenvalue weighted by Gasteiger charge is -2.11. The smallest absolute Gasteiger partial charge is 0.165 e. The molecule has 3 rings (SSSR count). The molecular formula is C16H16BrN3O. The molecule has 0 unspecified atom stereocenters. The van der Waals surface area contributed by atoms with E-state index in [-0.39, 0.29) is 6.04 Å². The van der Waals surface area contributed by atoms with Crippen LogP contribution in [-0.4, -0.2) is 14.8 Å². The number of halogens is 1. The molecule has 0 aliphatic rings. The van der Waals surface area contributed by atoms with Gasteiger partial charge in [-0.2, -0.15) is 5.10 Å². The fourth-order valence-electron chi connectivity index (χ4n) is 2.24. The lowest BCUT2D eigenvalue weighted by molar-refractivity contribution is 0.283. The van der Waals surface area contributed by atoms with Crippen LogP contribution in [0.1, 0.15) is 25.7 Å². The second-order valence-electron chi connectivity index (χ2n) is 5.16. The van der Waals surface area contributed by atoms with E-state index in [2.05, 4.69) is 58.1 Å². The van der Waals surface area contributed by atoms with Gasteiger partial charge in [-0.05, 0) is 48.9 Å².